The van der Waals surface area contributed by atoms with Crippen LogP contribution in [0.2, 0.25) is 0 Å². The van der Waals surface area contributed by atoms with Crippen molar-refractivity contribution < 1.29 is 19.4 Å². The lowest BCUT2D eigenvalue weighted by atomic mass is 10.0. The number of ether oxygens (including phenoxy) is 2. The van der Waals surface area contributed by atoms with Crippen molar-refractivity contribution in [3.05, 3.63) is 48.0 Å². The summed E-state index contributed by atoms with van der Waals surface area (Å²) in [6.07, 6.45) is -0.0129. The lowest BCUT2D eigenvalue weighted by molar-refractivity contribution is -0.136. The highest BCUT2D eigenvalue weighted by atomic mass is 16.5. The SMILES string of the molecule is COc1cccc(-c2cc(CC(=O)O)ccc2OC)c1. The Morgan fingerprint density at radius 2 is 1.90 bits per heavy atom. The smallest absolute Gasteiger partial charge is 0.307 e. The third-order valence-corrected chi connectivity index (χ3v) is 3.00. The van der Waals surface area contributed by atoms with Crippen LogP contribution in [0.25, 0.3) is 11.1 Å². The Bertz CT molecular complexity index is 620. The van der Waals surface area contributed by atoms with Gasteiger partial charge in [0, 0.05) is 5.56 Å². The van der Waals surface area contributed by atoms with Gasteiger partial charge in [-0.3, -0.25) is 4.79 Å². The molecule has 0 saturated carbocycles. The van der Waals surface area contributed by atoms with E-state index in [2.05, 4.69) is 0 Å². The summed E-state index contributed by atoms with van der Waals surface area (Å²) in [4.78, 5) is 10.8. The normalized spacial score (nSPS) is 10.1. The number of carboxylic acids is 1. The first-order valence-corrected chi connectivity index (χ1v) is 6.17. The van der Waals surface area contributed by atoms with E-state index in [0.717, 1.165) is 22.4 Å². The van der Waals surface area contributed by atoms with Crippen molar-refractivity contribution in [2.45, 2.75) is 6.42 Å². The van der Waals surface area contributed by atoms with E-state index in [0.29, 0.717) is 5.75 Å². The van der Waals surface area contributed by atoms with Crippen molar-refractivity contribution >= 4 is 5.97 Å². The van der Waals surface area contributed by atoms with Crippen molar-refractivity contribution in [2.75, 3.05) is 14.2 Å². The molecule has 0 radical (unpaired) electrons. The van der Waals surface area contributed by atoms with Gasteiger partial charge in [-0.1, -0.05) is 18.2 Å². The van der Waals surface area contributed by atoms with Crippen LogP contribution >= 0.6 is 0 Å². The second-order valence-electron chi connectivity index (χ2n) is 4.34. The molecule has 0 spiro atoms. The van der Waals surface area contributed by atoms with Gasteiger partial charge in [0.05, 0.1) is 20.6 Å². The summed E-state index contributed by atoms with van der Waals surface area (Å²) >= 11 is 0. The largest absolute Gasteiger partial charge is 0.497 e. The minimum absolute atomic E-state index is 0.0129. The molecule has 2 rings (SSSR count). The molecule has 4 heteroatoms. The number of aliphatic carboxylic acids is 1. The van der Waals surface area contributed by atoms with E-state index >= 15 is 0 Å². The molecule has 0 heterocycles. The zero-order chi connectivity index (χ0) is 14.5. The van der Waals surface area contributed by atoms with Gasteiger partial charge in [-0.2, -0.15) is 0 Å². The first kappa shape index (κ1) is 13.9. The van der Waals surface area contributed by atoms with Gasteiger partial charge in [-0.05, 0) is 35.4 Å². The van der Waals surface area contributed by atoms with Gasteiger partial charge in [-0.25, -0.2) is 0 Å². The van der Waals surface area contributed by atoms with E-state index in [4.69, 9.17) is 14.6 Å². The Balaban J connectivity index is 2.48. The zero-order valence-electron chi connectivity index (χ0n) is 11.4. The fourth-order valence-corrected chi connectivity index (χ4v) is 2.06. The third kappa shape index (κ3) is 3.09. The Labute approximate surface area is 117 Å². The average molecular weight is 272 g/mol. The molecule has 1 N–H and O–H groups in total. The fraction of sp³-hybridized carbons (Fsp3) is 0.188. The molecule has 0 aromatic heterocycles. The molecular weight excluding hydrogens is 256 g/mol. The minimum Gasteiger partial charge on any atom is -0.497 e. The maximum atomic E-state index is 10.8. The van der Waals surface area contributed by atoms with Crippen LogP contribution in [0.3, 0.4) is 0 Å². The monoisotopic (exact) mass is 272 g/mol. The Morgan fingerprint density at radius 3 is 2.55 bits per heavy atom. The van der Waals surface area contributed by atoms with Crippen LogP contribution in [-0.4, -0.2) is 25.3 Å². The molecule has 0 unspecified atom stereocenters. The number of carbonyl (C=O) groups is 1. The van der Waals surface area contributed by atoms with Crippen LogP contribution in [0.5, 0.6) is 11.5 Å². The zero-order valence-corrected chi connectivity index (χ0v) is 11.4. The van der Waals surface area contributed by atoms with E-state index < -0.39 is 5.97 Å². The molecule has 2 aromatic carbocycles. The Kier molecular flexibility index (Phi) is 4.25. The fourth-order valence-electron chi connectivity index (χ4n) is 2.06. The summed E-state index contributed by atoms with van der Waals surface area (Å²) in [5.41, 5.74) is 2.51. The number of hydrogen-bond acceptors (Lipinski definition) is 3. The van der Waals surface area contributed by atoms with Gasteiger partial charge in [-0.15, -0.1) is 0 Å². The molecule has 0 saturated heterocycles. The number of methoxy groups -OCH3 is 2. The van der Waals surface area contributed by atoms with Gasteiger partial charge in [0.1, 0.15) is 11.5 Å². The minimum atomic E-state index is -0.855. The highest BCUT2D eigenvalue weighted by Gasteiger charge is 2.09. The maximum absolute atomic E-state index is 10.8. The van der Waals surface area contributed by atoms with Crippen LogP contribution in [-0.2, 0) is 11.2 Å². The van der Waals surface area contributed by atoms with Gasteiger partial charge >= 0.3 is 5.97 Å². The van der Waals surface area contributed by atoms with Crippen molar-refractivity contribution in [2.24, 2.45) is 0 Å². The van der Waals surface area contributed by atoms with Crippen molar-refractivity contribution in [1.29, 1.82) is 0 Å². The first-order chi connectivity index (χ1) is 9.63. The number of benzene rings is 2. The van der Waals surface area contributed by atoms with Gasteiger partial charge in [0.15, 0.2) is 0 Å². The van der Waals surface area contributed by atoms with Crippen LogP contribution in [0.15, 0.2) is 42.5 Å². The van der Waals surface area contributed by atoms with Gasteiger partial charge in [0.25, 0.3) is 0 Å². The lowest BCUT2D eigenvalue weighted by Crippen LogP contribution is -2.00. The van der Waals surface area contributed by atoms with E-state index in [1.807, 2.05) is 30.3 Å². The summed E-state index contributed by atoms with van der Waals surface area (Å²) in [6.45, 7) is 0. The van der Waals surface area contributed by atoms with Gasteiger partial charge < -0.3 is 14.6 Å². The topological polar surface area (TPSA) is 55.8 Å². The maximum Gasteiger partial charge on any atom is 0.307 e. The molecule has 0 bridgehead atoms. The molecular formula is C16H16O4. The highest BCUT2D eigenvalue weighted by Crippen LogP contribution is 2.32. The second-order valence-corrected chi connectivity index (χ2v) is 4.34. The van der Waals surface area contributed by atoms with E-state index in [-0.39, 0.29) is 6.42 Å². The lowest BCUT2D eigenvalue weighted by Gasteiger charge is -2.11. The molecule has 20 heavy (non-hydrogen) atoms. The van der Waals surface area contributed by atoms with Gasteiger partial charge in [0.2, 0.25) is 0 Å². The molecule has 104 valence electrons. The summed E-state index contributed by atoms with van der Waals surface area (Å²) < 4.78 is 10.6. The number of hydrogen-bond donors (Lipinski definition) is 1. The Hall–Kier alpha value is -2.49. The summed E-state index contributed by atoms with van der Waals surface area (Å²) in [5.74, 6) is 0.590. The predicted molar refractivity (Wildman–Crippen MR) is 76.3 cm³/mol. The molecule has 0 amide bonds. The second kappa shape index (κ2) is 6.10. The highest BCUT2D eigenvalue weighted by molar-refractivity contribution is 5.75. The van der Waals surface area contributed by atoms with Crippen LogP contribution in [0.1, 0.15) is 5.56 Å². The number of carboxylic acid groups (broad SMARTS) is 1. The molecule has 0 fully saturated rings. The van der Waals surface area contributed by atoms with Crippen LogP contribution in [0.4, 0.5) is 0 Å². The Morgan fingerprint density at radius 1 is 1.10 bits per heavy atom. The molecule has 0 aliphatic carbocycles. The van der Waals surface area contributed by atoms with E-state index in [9.17, 15) is 4.79 Å². The first-order valence-electron chi connectivity index (χ1n) is 6.17. The molecule has 2 aromatic rings. The quantitative estimate of drug-likeness (QED) is 0.909. The molecule has 0 aliphatic rings. The van der Waals surface area contributed by atoms with Crippen LogP contribution in [0, 0.1) is 0 Å². The molecule has 0 atom stereocenters. The number of rotatable bonds is 5. The summed E-state index contributed by atoms with van der Waals surface area (Å²) in [6, 6.07) is 13.0. The van der Waals surface area contributed by atoms with Crippen molar-refractivity contribution in [3.8, 4) is 22.6 Å². The van der Waals surface area contributed by atoms with Crippen molar-refractivity contribution in [1.82, 2.24) is 0 Å². The van der Waals surface area contributed by atoms with E-state index in [1.165, 1.54) is 0 Å². The standard InChI is InChI=1S/C16H16O4/c1-19-13-5-3-4-12(10-13)14-8-11(9-16(17)18)6-7-15(14)20-2/h3-8,10H,9H2,1-2H3,(H,17,18). The molecule has 4 nitrogen and oxygen atoms in total. The summed E-state index contributed by atoms with van der Waals surface area (Å²) in [7, 11) is 3.20. The average Bonchev–Trinajstić information content (AvgIpc) is 2.46. The van der Waals surface area contributed by atoms with Crippen molar-refractivity contribution in [3.63, 3.8) is 0 Å². The van der Waals surface area contributed by atoms with Crippen LogP contribution < -0.4 is 9.47 Å². The summed E-state index contributed by atoms with van der Waals surface area (Å²) in [5, 5.41) is 8.89. The van der Waals surface area contributed by atoms with E-state index in [1.54, 1.807) is 26.4 Å². The third-order valence-electron chi connectivity index (χ3n) is 3.00. The predicted octanol–water partition coefficient (Wildman–Crippen LogP) is 3.00. The molecule has 0 aliphatic heterocycles.